The van der Waals surface area contributed by atoms with Gasteiger partial charge in [-0.1, -0.05) is 18.2 Å². The number of thiazole rings is 1. The lowest BCUT2D eigenvalue weighted by atomic mass is 10.2. The smallest absolute Gasteiger partial charge is 0.252 e. The first-order chi connectivity index (χ1) is 14.0. The topological polar surface area (TPSA) is 70.6 Å². The molecule has 0 radical (unpaired) electrons. The van der Waals surface area contributed by atoms with Crippen molar-refractivity contribution in [1.82, 2.24) is 14.2 Å². The molecule has 2 aromatic heterocycles. The Bertz CT molecular complexity index is 1060. The third-order valence-electron chi connectivity index (χ3n) is 5.19. The van der Waals surface area contributed by atoms with Crippen molar-refractivity contribution in [3.05, 3.63) is 46.8 Å². The number of fused-ring (bicyclic) bond motifs is 1. The molecule has 9 heteroatoms. The summed E-state index contributed by atoms with van der Waals surface area (Å²) in [6.45, 7) is 1.06. The van der Waals surface area contributed by atoms with Crippen LogP contribution >= 0.6 is 22.7 Å². The molecule has 1 aliphatic rings. The minimum atomic E-state index is -3.46. The Morgan fingerprint density at radius 3 is 2.86 bits per heavy atom. The van der Waals surface area contributed by atoms with E-state index in [1.165, 1.54) is 15.6 Å². The van der Waals surface area contributed by atoms with Crippen molar-refractivity contribution < 1.29 is 13.2 Å². The van der Waals surface area contributed by atoms with Crippen LogP contribution in [0.3, 0.4) is 0 Å². The van der Waals surface area contributed by atoms with Gasteiger partial charge in [0.25, 0.3) is 10.0 Å². The van der Waals surface area contributed by atoms with Crippen molar-refractivity contribution >= 4 is 48.8 Å². The summed E-state index contributed by atoms with van der Waals surface area (Å²) in [5, 5.41) is 2.74. The largest absolute Gasteiger partial charge is 0.333 e. The van der Waals surface area contributed by atoms with E-state index in [0.29, 0.717) is 23.6 Å². The van der Waals surface area contributed by atoms with E-state index in [2.05, 4.69) is 6.07 Å². The van der Waals surface area contributed by atoms with Gasteiger partial charge in [0.15, 0.2) is 0 Å². The van der Waals surface area contributed by atoms with Crippen molar-refractivity contribution in [2.45, 2.75) is 35.9 Å². The molecule has 4 rings (SSSR count). The maximum Gasteiger partial charge on any atom is 0.252 e. The van der Waals surface area contributed by atoms with E-state index < -0.39 is 10.0 Å². The van der Waals surface area contributed by atoms with Crippen LogP contribution in [0.4, 0.5) is 0 Å². The molecule has 1 saturated heterocycles. The molecule has 1 fully saturated rings. The third kappa shape index (κ3) is 4.23. The predicted molar refractivity (Wildman–Crippen MR) is 117 cm³/mol. The zero-order valence-corrected chi connectivity index (χ0v) is 18.6. The van der Waals surface area contributed by atoms with E-state index in [0.717, 1.165) is 34.6 Å². The Labute approximate surface area is 178 Å². The van der Waals surface area contributed by atoms with Gasteiger partial charge in [0.05, 0.1) is 16.3 Å². The van der Waals surface area contributed by atoms with Gasteiger partial charge in [-0.15, -0.1) is 22.7 Å². The van der Waals surface area contributed by atoms with Crippen LogP contribution in [0.25, 0.3) is 10.2 Å². The number of para-hydroxylation sites is 1. The standard InChI is InChI=1S/C20H23N3O3S3/c1-22(29(25,26)19-11-6-14-27-19)12-5-10-18(24)23-13-4-8-16(23)20-21-15-7-2-3-9-17(15)28-20/h2-3,6-7,9,11,14,16H,4-5,8,10,12-13H2,1H3. The Morgan fingerprint density at radius 2 is 2.10 bits per heavy atom. The number of sulfonamides is 1. The van der Waals surface area contributed by atoms with Crippen LogP contribution in [0.15, 0.2) is 46.0 Å². The molecule has 0 bridgehead atoms. The summed E-state index contributed by atoms with van der Waals surface area (Å²) in [7, 11) is -1.89. The van der Waals surface area contributed by atoms with Gasteiger partial charge in [-0.25, -0.2) is 17.7 Å². The average molecular weight is 450 g/mol. The molecule has 1 unspecified atom stereocenters. The first-order valence-electron chi connectivity index (χ1n) is 9.61. The van der Waals surface area contributed by atoms with Crippen LogP contribution in [0.1, 0.15) is 36.7 Å². The zero-order valence-electron chi connectivity index (χ0n) is 16.2. The lowest BCUT2D eigenvalue weighted by Gasteiger charge is -2.23. The maximum absolute atomic E-state index is 12.8. The predicted octanol–water partition coefficient (Wildman–Crippen LogP) is 4.12. The molecule has 0 aliphatic carbocycles. The van der Waals surface area contributed by atoms with E-state index in [9.17, 15) is 13.2 Å². The second kappa shape index (κ2) is 8.51. The number of thiophene rings is 1. The maximum atomic E-state index is 12.8. The monoisotopic (exact) mass is 449 g/mol. The number of carbonyl (C=O) groups is 1. The van der Waals surface area contributed by atoms with Gasteiger partial charge in [0, 0.05) is 26.6 Å². The number of aromatic nitrogens is 1. The van der Waals surface area contributed by atoms with Crippen LogP contribution in [-0.2, 0) is 14.8 Å². The molecule has 3 heterocycles. The summed E-state index contributed by atoms with van der Waals surface area (Å²) in [4.78, 5) is 19.5. The van der Waals surface area contributed by atoms with E-state index in [4.69, 9.17) is 4.98 Å². The molecule has 1 atom stereocenters. The Morgan fingerprint density at radius 1 is 1.28 bits per heavy atom. The van der Waals surface area contributed by atoms with E-state index in [-0.39, 0.29) is 11.9 Å². The fourth-order valence-electron chi connectivity index (χ4n) is 3.64. The molecule has 1 aliphatic heterocycles. The molecule has 1 aromatic carbocycles. The molecule has 0 N–H and O–H groups in total. The van der Waals surface area contributed by atoms with Crippen molar-refractivity contribution in [1.29, 1.82) is 0 Å². The number of likely N-dealkylation sites (tertiary alicyclic amines) is 1. The van der Waals surface area contributed by atoms with Gasteiger partial charge in [0.2, 0.25) is 5.91 Å². The van der Waals surface area contributed by atoms with E-state index in [1.54, 1.807) is 35.9 Å². The first kappa shape index (κ1) is 20.5. The fourth-order valence-corrected chi connectivity index (χ4v) is 7.16. The Hall–Kier alpha value is -1.81. The highest BCUT2D eigenvalue weighted by Gasteiger charge is 2.32. The molecule has 6 nitrogen and oxygen atoms in total. The number of rotatable bonds is 7. The molecular formula is C20H23N3O3S3. The highest BCUT2D eigenvalue weighted by molar-refractivity contribution is 7.91. The minimum absolute atomic E-state index is 0.0347. The summed E-state index contributed by atoms with van der Waals surface area (Å²) in [6, 6.07) is 11.4. The molecule has 0 saturated carbocycles. The van der Waals surface area contributed by atoms with E-state index >= 15 is 0 Å². The number of amides is 1. The lowest BCUT2D eigenvalue weighted by Crippen LogP contribution is -2.32. The van der Waals surface area contributed by atoms with Crippen molar-refractivity contribution in [2.75, 3.05) is 20.1 Å². The molecule has 0 spiro atoms. The van der Waals surface area contributed by atoms with Crippen molar-refractivity contribution in [2.24, 2.45) is 0 Å². The molecule has 29 heavy (non-hydrogen) atoms. The number of hydrogen-bond acceptors (Lipinski definition) is 6. The van der Waals surface area contributed by atoms with Gasteiger partial charge in [-0.3, -0.25) is 4.79 Å². The van der Waals surface area contributed by atoms with E-state index in [1.807, 2.05) is 23.1 Å². The Balaban J connectivity index is 1.36. The first-order valence-corrected chi connectivity index (χ1v) is 12.8. The van der Waals surface area contributed by atoms with Gasteiger partial charge < -0.3 is 4.90 Å². The zero-order chi connectivity index (χ0) is 20.4. The van der Waals surface area contributed by atoms with Crippen LogP contribution in [-0.4, -0.2) is 48.7 Å². The molecular weight excluding hydrogens is 426 g/mol. The number of carbonyl (C=O) groups excluding carboxylic acids is 1. The van der Waals surface area contributed by atoms with Crippen molar-refractivity contribution in [3.63, 3.8) is 0 Å². The third-order valence-corrected chi connectivity index (χ3v) is 9.56. The van der Waals surface area contributed by atoms with Crippen LogP contribution in [0, 0.1) is 0 Å². The normalized spacial score (nSPS) is 17.4. The number of benzene rings is 1. The molecule has 1 amide bonds. The van der Waals surface area contributed by atoms with Gasteiger partial charge in [-0.05, 0) is 42.8 Å². The second-order valence-electron chi connectivity index (χ2n) is 7.13. The Kier molecular flexibility index (Phi) is 6.00. The number of nitrogens with zero attached hydrogens (tertiary/aromatic N) is 3. The average Bonchev–Trinajstić information content (AvgIpc) is 3.47. The van der Waals surface area contributed by atoms with Gasteiger partial charge in [-0.2, -0.15) is 0 Å². The summed E-state index contributed by atoms with van der Waals surface area (Å²) in [6.07, 6.45) is 2.74. The summed E-state index contributed by atoms with van der Waals surface area (Å²) >= 11 is 2.86. The van der Waals surface area contributed by atoms with Crippen LogP contribution in [0.5, 0.6) is 0 Å². The number of hydrogen-bond donors (Lipinski definition) is 0. The summed E-state index contributed by atoms with van der Waals surface area (Å²) < 4.78 is 27.8. The van der Waals surface area contributed by atoms with Crippen LogP contribution < -0.4 is 0 Å². The highest BCUT2D eigenvalue weighted by atomic mass is 32.2. The molecule has 154 valence electrons. The van der Waals surface area contributed by atoms with Crippen LogP contribution in [0.2, 0.25) is 0 Å². The summed E-state index contributed by atoms with van der Waals surface area (Å²) in [5.74, 6) is 0.0775. The summed E-state index contributed by atoms with van der Waals surface area (Å²) in [5.41, 5.74) is 0.979. The van der Waals surface area contributed by atoms with Gasteiger partial charge >= 0.3 is 0 Å². The van der Waals surface area contributed by atoms with Gasteiger partial charge in [0.1, 0.15) is 9.22 Å². The van der Waals surface area contributed by atoms with Crippen molar-refractivity contribution in [3.8, 4) is 0 Å². The highest BCUT2D eigenvalue weighted by Crippen LogP contribution is 2.36. The second-order valence-corrected chi connectivity index (χ2v) is 11.4. The lowest BCUT2D eigenvalue weighted by molar-refractivity contribution is -0.132. The quantitative estimate of drug-likeness (QED) is 0.544. The fraction of sp³-hybridized carbons (Fsp3) is 0.400. The molecule has 3 aromatic rings. The minimum Gasteiger partial charge on any atom is -0.333 e. The SMILES string of the molecule is CN(CCCC(=O)N1CCCC1c1nc2ccccc2s1)S(=O)(=O)c1cccs1.